The predicted molar refractivity (Wildman–Crippen MR) is 100 cm³/mol. The van der Waals surface area contributed by atoms with Crippen molar-refractivity contribution in [3.8, 4) is 0 Å². The van der Waals surface area contributed by atoms with Gasteiger partial charge in [0.05, 0.1) is 12.3 Å². The number of hydrogen-bond acceptors (Lipinski definition) is 4. The minimum atomic E-state index is -0.484. The lowest BCUT2D eigenvalue weighted by molar-refractivity contribution is -0.157. The molecule has 0 amide bonds. The molecule has 0 aliphatic heterocycles. The van der Waals surface area contributed by atoms with Gasteiger partial charge in [0.1, 0.15) is 13.2 Å². The molecule has 2 rings (SSSR count). The molecule has 2 aromatic carbocycles. The normalized spacial score (nSPS) is 11.8. The van der Waals surface area contributed by atoms with Gasteiger partial charge in [0.25, 0.3) is 0 Å². The van der Waals surface area contributed by atoms with Crippen LogP contribution in [0.3, 0.4) is 0 Å². The van der Waals surface area contributed by atoms with Crippen molar-refractivity contribution in [2.75, 3.05) is 0 Å². The quantitative estimate of drug-likeness (QED) is 0.621. The second-order valence-electron chi connectivity index (χ2n) is 6.77. The van der Waals surface area contributed by atoms with Crippen LogP contribution in [0.15, 0.2) is 60.7 Å². The Kier molecular flexibility index (Phi) is 7.87. The fraction of sp³-hybridized carbons (Fsp3) is 0.364. The summed E-state index contributed by atoms with van der Waals surface area (Å²) in [5.74, 6) is -0.927. The van der Waals surface area contributed by atoms with E-state index in [1.165, 1.54) is 0 Å². The third-order valence-corrected chi connectivity index (χ3v) is 3.97. The summed E-state index contributed by atoms with van der Waals surface area (Å²) in [7, 11) is 0. The maximum Gasteiger partial charge on any atom is 0.309 e. The van der Waals surface area contributed by atoms with E-state index in [9.17, 15) is 9.59 Å². The highest BCUT2D eigenvalue weighted by atomic mass is 16.5. The van der Waals surface area contributed by atoms with Crippen LogP contribution in [0.25, 0.3) is 0 Å². The molecule has 0 aliphatic carbocycles. The van der Waals surface area contributed by atoms with Crippen molar-refractivity contribution in [2.24, 2.45) is 11.8 Å². The molecule has 0 aliphatic rings. The Hall–Kier alpha value is -2.62. The van der Waals surface area contributed by atoms with Crippen molar-refractivity contribution in [1.82, 2.24) is 0 Å². The monoisotopic (exact) mass is 354 g/mol. The molecule has 0 fully saturated rings. The van der Waals surface area contributed by atoms with Crippen molar-refractivity contribution >= 4 is 11.9 Å². The zero-order valence-corrected chi connectivity index (χ0v) is 15.4. The molecule has 0 bridgehead atoms. The first kappa shape index (κ1) is 19.7. The summed E-state index contributed by atoms with van der Waals surface area (Å²) in [6, 6.07) is 19.0. The molecule has 1 atom stereocenters. The third-order valence-electron chi connectivity index (χ3n) is 3.97. The molecule has 4 nitrogen and oxygen atoms in total. The summed E-state index contributed by atoms with van der Waals surface area (Å²) in [4.78, 5) is 24.6. The van der Waals surface area contributed by atoms with Gasteiger partial charge in [-0.2, -0.15) is 0 Å². The molecule has 0 saturated heterocycles. The van der Waals surface area contributed by atoms with Gasteiger partial charge in [0, 0.05) is 0 Å². The predicted octanol–water partition coefficient (Wildman–Crippen LogP) is 4.53. The molecule has 138 valence electrons. The first-order valence-electron chi connectivity index (χ1n) is 8.94. The number of rotatable bonds is 9. The standard InChI is InChI=1S/C22H26O4/c1-17(2)13-20(22(24)26-16-19-11-7-4-8-12-19)14-21(23)25-15-18-9-5-3-6-10-18/h3-12,17,20H,13-16H2,1-2H3/t20-/m1/s1. The Morgan fingerprint density at radius 2 is 1.31 bits per heavy atom. The van der Waals surface area contributed by atoms with Crippen molar-refractivity contribution in [2.45, 2.75) is 39.9 Å². The number of carbonyl (C=O) groups excluding carboxylic acids is 2. The van der Waals surface area contributed by atoms with Crippen LogP contribution in [0, 0.1) is 11.8 Å². The number of benzene rings is 2. The van der Waals surface area contributed by atoms with E-state index in [2.05, 4.69) is 0 Å². The van der Waals surface area contributed by atoms with Crippen LogP contribution in [0.2, 0.25) is 0 Å². The lowest BCUT2D eigenvalue weighted by Gasteiger charge is -2.17. The van der Waals surface area contributed by atoms with Gasteiger partial charge in [-0.25, -0.2) is 0 Å². The molecular formula is C22H26O4. The van der Waals surface area contributed by atoms with E-state index in [0.717, 1.165) is 11.1 Å². The number of esters is 2. The Morgan fingerprint density at radius 1 is 0.808 bits per heavy atom. The van der Waals surface area contributed by atoms with Crippen molar-refractivity contribution in [1.29, 1.82) is 0 Å². The van der Waals surface area contributed by atoms with Crippen molar-refractivity contribution in [3.05, 3.63) is 71.8 Å². The molecule has 0 heterocycles. The second-order valence-corrected chi connectivity index (χ2v) is 6.77. The van der Waals surface area contributed by atoms with Crippen LogP contribution in [-0.2, 0) is 32.3 Å². The van der Waals surface area contributed by atoms with Crippen LogP contribution in [0.1, 0.15) is 37.8 Å². The molecule has 0 unspecified atom stereocenters. The molecule has 0 radical (unpaired) electrons. The SMILES string of the molecule is CC(C)C[C@H](CC(=O)OCc1ccccc1)C(=O)OCc1ccccc1. The van der Waals surface area contributed by atoms with E-state index in [0.29, 0.717) is 6.42 Å². The van der Waals surface area contributed by atoms with Gasteiger partial charge >= 0.3 is 11.9 Å². The van der Waals surface area contributed by atoms with Gasteiger partial charge in [-0.3, -0.25) is 9.59 Å². The van der Waals surface area contributed by atoms with E-state index >= 15 is 0 Å². The largest absolute Gasteiger partial charge is 0.461 e. The van der Waals surface area contributed by atoms with Crippen LogP contribution in [0.4, 0.5) is 0 Å². The lowest BCUT2D eigenvalue weighted by Crippen LogP contribution is -2.23. The zero-order valence-electron chi connectivity index (χ0n) is 15.4. The van der Waals surface area contributed by atoms with E-state index < -0.39 is 5.92 Å². The van der Waals surface area contributed by atoms with Gasteiger partial charge in [-0.05, 0) is 23.5 Å². The minimum absolute atomic E-state index is 0.0403. The topological polar surface area (TPSA) is 52.6 Å². The second kappa shape index (κ2) is 10.4. The average Bonchev–Trinajstić information content (AvgIpc) is 2.65. The Labute approximate surface area is 155 Å². The van der Waals surface area contributed by atoms with Gasteiger partial charge in [0.15, 0.2) is 0 Å². The Morgan fingerprint density at radius 3 is 1.81 bits per heavy atom. The van der Waals surface area contributed by atoms with Gasteiger partial charge in [0.2, 0.25) is 0 Å². The van der Waals surface area contributed by atoms with E-state index in [-0.39, 0.29) is 37.5 Å². The highest BCUT2D eigenvalue weighted by Gasteiger charge is 2.25. The van der Waals surface area contributed by atoms with Crippen molar-refractivity contribution in [3.63, 3.8) is 0 Å². The van der Waals surface area contributed by atoms with Crippen LogP contribution in [0.5, 0.6) is 0 Å². The van der Waals surface area contributed by atoms with E-state index in [4.69, 9.17) is 9.47 Å². The van der Waals surface area contributed by atoms with Gasteiger partial charge in [-0.15, -0.1) is 0 Å². The fourth-order valence-corrected chi connectivity index (χ4v) is 2.68. The minimum Gasteiger partial charge on any atom is -0.461 e. The molecular weight excluding hydrogens is 328 g/mol. The Balaban J connectivity index is 1.86. The molecule has 0 saturated carbocycles. The van der Waals surface area contributed by atoms with Crippen LogP contribution in [-0.4, -0.2) is 11.9 Å². The maximum atomic E-state index is 12.4. The summed E-state index contributed by atoms with van der Waals surface area (Å²) in [5.41, 5.74) is 1.85. The molecule has 0 N–H and O–H groups in total. The van der Waals surface area contributed by atoms with E-state index in [1.807, 2.05) is 74.5 Å². The lowest BCUT2D eigenvalue weighted by atomic mass is 9.94. The summed E-state index contributed by atoms with van der Waals surface area (Å²) >= 11 is 0. The number of ether oxygens (including phenoxy) is 2. The van der Waals surface area contributed by atoms with Crippen LogP contribution >= 0.6 is 0 Å². The van der Waals surface area contributed by atoms with Gasteiger partial charge < -0.3 is 9.47 Å². The summed E-state index contributed by atoms with van der Waals surface area (Å²) in [6.45, 7) is 4.47. The zero-order chi connectivity index (χ0) is 18.8. The molecule has 4 heteroatoms. The third kappa shape index (κ3) is 7.09. The highest BCUT2D eigenvalue weighted by molar-refractivity contribution is 5.80. The van der Waals surface area contributed by atoms with Gasteiger partial charge in [-0.1, -0.05) is 74.5 Å². The first-order chi connectivity index (χ1) is 12.5. The number of hydrogen-bond donors (Lipinski definition) is 0. The first-order valence-corrected chi connectivity index (χ1v) is 8.94. The summed E-state index contributed by atoms with van der Waals surface area (Å²) in [6.07, 6.45) is 0.632. The highest BCUT2D eigenvalue weighted by Crippen LogP contribution is 2.19. The molecule has 26 heavy (non-hydrogen) atoms. The van der Waals surface area contributed by atoms with Crippen molar-refractivity contribution < 1.29 is 19.1 Å². The molecule has 2 aromatic rings. The summed E-state index contributed by atoms with van der Waals surface area (Å²) in [5, 5.41) is 0. The molecule has 0 aromatic heterocycles. The maximum absolute atomic E-state index is 12.4. The number of carbonyl (C=O) groups is 2. The average molecular weight is 354 g/mol. The summed E-state index contributed by atoms with van der Waals surface area (Å²) < 4.78 is 10.7. The van der Waals surface area contributed by atoms with E-state index in [1.54, 1.807) is 0 Å². The smallest absolute Gasteiger partial charge is 0.309 e. The van der Waals surface area contributed by atoms with Crippen LogP contribution < -0.4 is 0 Å². The fourth-order valence-electron chi connectivity index (χ4n) is 2.68. The molecule has 0 spiro atoms. The Bertz CT molecular complexity index is 680.